The highest BCUT2D eigenvalue weighted by atomic mass is 16.6. The second-order valence-electron chi connectivity index (χ2n) is 13.1. The molecule has 0 radical (unpaired) electrons. The lowest BCUT2D eigenvalue weighted by Crippen LogP contribution is -2.25. The van der Waals surface area contributed by atoms with Gasteiger partial charge in [0.2, 0.25) is 0 Å². The average Bonchev–Trinajstić information content (AvgIpc) is 3.04. The van der Waals surface area contributed by atoms with E-state index >= 15 is 0 Å². The molecule has 1 atom stereocenters. The number of carbonyl (C=O) groups excluding carboxylic acids is 2. The number of rotatable bonds is 35. The Bertz CT molecular complexity index is 686. The molecule has 5 heteroatoms. The number of carbonyl (C=O) groups is 2. The molecule has 0 aromatic rings. The number of aliphatic hydroxyl groups excluding tert-OH is 1. The Morgan fingerprint density at radius 2 is 0.778 bits per heavy atom. The summed E-state index contributed by atoms with van der Waals surface area (Å²) in [6, 6.07) is 0. The largest absolute Gasteiger partial charge is 0.463 e. The van der Waals surface area contributed by atoms with Gasteiger partial charge in [0.15, 0.2) is 0 Å². The first kappa shape index (κ1) is 43.4. The highest BCUT2D eigenvalue weighted by molar-refractivity contribution is 5.69. The van der Waals surface area contributed by atoms with E-state index in [2.05, 4.69) is 38.2 Å². The van der Waals surface area contributed by atoms with Crippen molar-refractivity contribution in [2.75, 3.05) is 13.2 Å². The zero-order valence-electron chi connectivity index (χ0n) is 29.9. The summed E-state index contributed by atoms with van der Waals surface area (Å²) in [5.74, 6) is -0.564. The van der Waals surface area contributed by atoms with Crippen molar-refractivity contribution in [2.45, 2.75) is 206 Å². The van der Waals surface area contributed by atoms with Gasteiger partial charge in [0.1, 0.15) is 19.3 Å². The smallest absolute Gasteiger partial charge is 0.305 e. The predicted molar refractivity (Wildman–Crippen MR) is 191 cm³/mol. The SMILES string of the molecule is CCCCC/C=C\C/C=C\CCCCCCCCCCCC(=O)OC[C@H](O)COC(=O)CCCCCCCCCCCCCC. The van der Waals surface area contributed by atoms with Crippen molar-refractivity contribution in [3.63, 3.8) is 0 Å². The minimum atomic E-state index is -0.960. The van der Waals surface area contributed by atoms with Gasteiger partial charge in [-0.3, -0.25) is 9.59 Å². The molecule has 0 unspecified atom stereocenters. The van der Waals surface area contributed by atoms with Crippen LogP contribution in [0.5, 0.6) is 0 Å². The summed E-state index contributed by atoms with van der Waals surface area (Å²) in [6.45, 7) is 4.27. The van der Waals surface area contributed by atoms with Crippen LogP contribution >= 0.6 is 0 Å². The Labute approximate surface area is 279 Å². The summed E-state index contributed by atoms with van der Waals surface area (Å²) in [5.41, 5.74) is 0. The Hall–Kier alpha value is -1.62. The van der Waals surface area contributed by atoms with Gasteiger partial charge >= 0.3 is 11.9 Å². The Morgan fingerprint density at radius 3 is 1.18 bits per heavy atom. The van der Waals surface area contributed by atoms with Crippen LogP contribution in [0.2, 0.25) is 0 Å². The Kier molecular flexibility index (Phi) is 35.5. The Balaban J connectivity index is 3.42. The van der Waals surface area contributed by atoms with Crippen LogP contribution in [-0.4, -0.2) is 36.4 Å². The van der Waals surface area contributed by atoms with Crippen molar-refractivity contribution in [1.82, 2.24) is 0 Å². The highest BCUT2D eigenvalue weighted by Gasteiger charge is 2.12. The lowest BCUT2D eigenvalue weighted by Gasteiger charge is -2.12. The zero-order valence-corrected chi connectivity index (χ0v) is 29.9. The minimum Gasteiger partial charge on any atom is -0.463 e. The van der Waals surface area contributed by atoms with Crippen molar-refractivity contribution in [2.24, 2.45) is 0 Å². The number of ether oxygens (including phenoxy) is 2. The van der Waals surface area contributed by atoms with Crippen LogP contribution in [-0.2, 0) is 19.1 Å². The van der Waals surface area contributed by atoms with Crippen LogP contribution in [0.25, 0.3) is 0 Å². The summed E-state index contributed by atoms with van der Waals surface area (Å²) in [7, 11) is 0. The molecule has 0 aliphatic carbocycles. The average molecular weight is 635 g/mol. The molecule has 5 nitrogen and oxygen atoms in total. The van der Waals surface area contributed by atoms with Crippen LogP contribution in [0.15, 0.2) is 24.3 Å². The lowest BCUT2D eigenvalue weighted by molar-refractivity contribution is -0.152. The summed E-state index contributed by atoms with van der Waals surface area (Å²) < 4.78 is 10.3. The molecule has 0 amide bonds. The fourth-order valence-electron chi connectivity index (χ4n) is 5.47. The number of aliphatic hydroxyl groups is 1. The van der Waals surface area contributed by atoms with E-state index in [1.54, 1.807) is 0 Å². The third-order valence-corrected chi connectivity index (χ3v) is 8.44. The number of esters is 2. The van der Waals surface area contributed by atoms with E-state index in [4.69, 9.17) is 9.47 Å². The second-order valence-corrected chi connectivity index (χ2v) is 13.1. The summed E-state index contributed by atoms with van der Waals surface area (Å²) in [6.07, 6.45) is 42.3. The number of hydrogen-bond acceptors (Lipinski definition) is 5. The molecule has 0 aliphatic rings. The fraction of sp³-hybridized carbons (Fsp3) is 0.850. The quantitative estimate of drug-likeness (QED) is 0.0426. The first-order chi connectivity index (χ1) is 22.1. The van der Waals surface area contributed by atoms with Crippen LogP contribution in [0.1, 0.15) is 200 Å². The molecule has 0 bridgehead atoms. The lowest BCUT2D eigenvalue weighted by atomic mass is 10.0. The van der Waals surface area contributed by atoms with E-state index in [1.807, 2.05) is 0 Å². The van der Waals surface area contributed by atoms with E-state index in [1.165, 1.54) is 128 Å². The van der Waals surface area contributed by atoms with Gasteiger partial charge < -0.3 is 14.6 Å². The fourth-order valence-corrected chi connectivity index (χ4v) is 5.47. The standard InChI is InChI=1S/C40H74O5/c1-3-5-7-9-11-13-15-17-18-19-20-21-22-23-25-27-29-31-33-35-40(43)45-37-38(41)36-44-39(42)34-32-30-28-26-24-16-14-12-10-8-6-4-2/h11,13,17-18,38,41H,3-10,12,14-16,19-37H2,1-2H3/b13-11-,18-17-/t38-/m1/s1. The van der Waals surface area contributed by atoms with Crippen molar-refractivity contribution >= 4 is 11.9 Å². The van der Waals surface area contributed by atoms with Gasteiger partial charge in [-0.25, -0.2) is 0 Å². The number of hydrogen-bond donors (Lipinski definition) is 1. The topological polar surface area (TPSA) is 72.8 Å². The van der Waals surface area contributed by atoms with E-state index in [9.17, 15) is 14.7 Å². The van der Waals surface area contributed by atoms with Gasteiger partial charge in [-0.1, -0.05) is 167 Å². The summed E-state index contributed by atoms with van der Waals surface area (Å²) in [4.78, 5) is 23.9. The second kappa shape index (κ2) is 36.8. The van der Waals surface area contributed by atoms with Crippen molar-refractivity contribution < 1.29 is 24.2 Å². The van der Waals surface area contributed by atoms with Gasteiger partial charge in [-0.05, 0) is 44.9 Å². The molecular formula is C40H74O5. The summed E-state index contributed by atoms with van der Waals surface area (Å²) >= 11 is 0. The van der Waals surface area contributed by atoms with Crippen molar-refractivity contribution in [3.8, 4) is 0 Å². The van der Waals surface area contributed by atoms with E-state index < -0.39 is 6.10 Å². The molecule has 0 aromatic carbocycles. The molecule has 0 heterocycles. The molecular weight excluding hydrogens is 560 g/mol. The molecule has 0 aromatic heterocycles. The third-order valence-electron chi connectivity index (χ3n) is 8.44. The van der Waals surface area contributed by atoms with E-state index in [0.29, 0.717) is 12.8 Å². The van der Waals surface area contributed by atoms with E-state index in [0.717, 1.165) is 44.9 Å². The molecule has 0 spiro atoms. The Morgan fingerprint density at radius 1 is 0.467 bits per heavy atom. The molecule has 1 N–H and O–H groups in total. The maximum atomic E-state index is 12.0. The molecule has 0 aliphatic heterocycles. The number of allylic oxidation sites excluding steroid dienone is 4. The first-order valence-electron chi connectivity index (χ1n) is 19.4. The van der Waals surface area contributed by atoms with Gasteiger partial charge in [0, 0.05) is 12.8 Å². The van der Waals surface area contributed by atoms with Crippen molar-refractivity contribution in [3.05, 3.63) is 24.3 Å². The minimum absolute atomic E-state index is 0.113. The van der Waals surface area contributed by atoms with E-state index in [-0.39, 0.29) is 25.2 Å². The molecule has 264 valence electrons. The monoisotopic (exact) mass is 635 g/mol. The number of unbranched alkanes of at least 4 members (excludes halogenated alkanes) is 23. The van der Waals surface area contributed by atoms with Crippen LogP contribution < -0.4 is 0 Å². The molecule has 0 rings (SSSR count). The van der Waals surface area contributed by atoms with Gasteiger partial charge in [0.05, 0.1) is 0 Å². The molecule has 0 saturated carbocycles. The van der Waals surface area contributed by atoms with Gasteiger partial charge in [0.25, 0.3) is 0 Å². The third kappa shape index (κ3) is 36.7. The van der Waals surface area contributed by atoms with Gasteiger partial charge in [-0.2, -0.15) is 0 Å². The predicted octanol–water partition coefficient (Wildman–Crippen LogP) is 11.9. The van der Waals surface area contributed by atoms with Crippen LogP contribution in [0.3, 0.4) is 0 Å². The molecule has 0 saturated heterocycles. The van der Waals surface area contributed by atoms with Crippen LogP contribution in [0.4, 0.5) is 0 Å². The maximum Gasteiger partial charge on any atom is 0.305 e. The highest BCUT2D eigenvalue weighted by Crippen LogP contribution is 2.14. The van der Waals surface area contributed by atoms with Crippen LogP contribution in [0, 0.1) is 0 Å². The van der Waals surface area contributed by atoms with Gasteiger partial charge in [-0.15, -0.1) is 0 Å². The molecule has 45 heavy (non-hydrogen) atoms. The normalized spacial score (nSPS) is 12.3. The van der Waals surface area contributed by atoms with Crippen molar-refractivity contribution in [1.29, 1.82) is 0 Å². The maximum absolute atomic E-state index is 12.0. The summed E-state index contributed by atoms with van der Waals surface area (Å²) in [5, 5.41) is 9.99. The first-order valence-corrected chi connectivity index (χ1v) is 19.4. The zero-order chi connectivity index (χ0) is 32.9. The molecule has 0 fully saturated rings.